The van der Waals surface area contributed by atoms with Crippen molar-refractivity contribution in [2.45, 2.75) is 13.2 Å². The van der Waals surface area contributed by atoms with Gasteiger partial charge in [-0.05, 0) is 36.2 Å². The molecule has 130 valence electrons. The second-order valence-electron chi connectivity index (χ2n) is 5.48. The van der Waals surface area contributed by atoms with Crippen LogP contribution in [-0.2, 0) is 17.9 Å². The van der Waals surface area contributed by atoms with Crippen LogP contribution in [0, 0.1) is 0 Å². The number of benzene rings is 1. The lowest BCUT2D eigenvalue weighted by Gasteiger charge is -2.16. The Bertz CT molecular complexity index is 774. The van der Waals surface area contributed by atoms with Crippen LogP contribution in [0.1, 0.15) is 10.4 Å². The molecule has 0 aliphatic carbocycles. The molecule has 0 aliphatic heterocycles. The average molecular weight is 374 g/mol. The monoisotopic (exact) mass is 374 g/mol. The molecular weight excluding hydrogens is 356 g/mol. The Morgan fingerprint density at radius 3 is 2.76 bits per heavy atom. The van der Waals surface area contributed by atoms with E-state index in [9.17, 15) is 4.79 Å². The van der Waals surface area contributed by atoms with E-state index in [1.54, 1.807) is 16.8 Å². The third-order valence-corrected chi connectivity index (χ3v) is 4.81. The van der Waals surface area contributed by atoms with Crippen molar-refractivity contribution in [3.63, 3.8) is 0 Å². The van der Waals surface area contributed by atoms with Crippen LogP contribution in [0.3, 0.4) is 0 Å². The molecule has 0 bridgehead atoms. The molecule has 0 saturated carbocycles. The molecule has 0 unspecified atom stereocenters. The van der Waals surface area contributed by atoms with Crippen LogP contribution in [-0.4, -0.2) is 34.6 Å². The van der Waals surface area contributed by atoms with Gasteiger partial charge in [-0.3, -0.25) is 15.0 Å². The molecule has 3 rings (SSSR count). The second-order valence-corrected chi connectivity index (χ2v) is 7.34. The molecule has 0 atom stereocenters. The Hall–Kier alpha value is -2.29. The van der Waals surface area contributed by atoms with E-state index in [-0.39, 0.29) is 12.5 Å². The highest BCUT2D eigenvalue weighted by molar-refractivity contribution is 7.13. The molecule has 3 aromatic rings. The molecule has 0 radical (unpaired) electrons. The molecule has 0 aliphatic rings. The molecule has 0 spiro atoms. The van der Waals surface area contributed by atoms with Crippen LogP contribution < -0.4 is 10.1 Å². The minimum atomic E-state index is -0.102. The minimum Gasteiger partial charge on any atom is -0.488 e. The summed E-state index contributed by atoms with van der Waals surface area (Å²) >= 11 is 2.98. The number of aromatic nitrogens is 2. The maximum absolute atomic E-state index is 11.9. The third-order valence-electron chi connectivity index (χ3n) is 3.36. The molecule has 8 heteroatoms. The minimum absolute atomic E-state index is 0.102. The van der Waals surface area contributed by atoms with E-state index in [1.807, 2.05) is 47.7 Å². The summed E-state index contributed by atoms with van der Waals surface area (Å²) in [6, 6.07) is 12.0. The van der Waals surface area contributed by atoms with Crippen molar-refractivity contribution in [2.75, 3.05) is 18.9 Å². The number of carbonyl (C=O) groups is 1. The zero-order valence-corrected chi connectivity index (χ0v) is 15.3. The largest absolute Gasteiger partial charge is 0.488 e. The zero-order valence-electron chi connectivity index (χ0n) is 13.7. The summed E-state index contributed by atoms with van der Waals surface area (Å²) in [7, 11) is 1.90. The highest BCUT2D eigenvalue weighted by atomic mass is 32.1. The lowest BCUT2D eigenvalue weighted by Crippen LogP contribution is -2.29. The Morgan fingerprint density at radius 1 is 1.24 bits per heavy atom. The highest BCUT2D eigenvalue weighted by Gasteiger charge is 2.09. The SMILES string of the molecule is CN(CC(=O)Nc1nncs1)Cc1ccc(OCc2cccs2)cc1. The Labute approximate surface area is 154 Å². The van der Waals surface area contributed by atoms with Gasteiger partial charge in [0.25, 0.3) is 0 Å². The quantitative estimate of drug-likeness (QED) is 0.656. The Kier molecular flexibility index (Phi) is 6.10. The summed E-state index contributed by atoms with van der Waals surface area (Å²) in [5.74, 6) is 0.740. The van der Waals surface area contributed by atoms with Crippen molar-refractivity contribution in [3.8, 4) is 5.75 Å². The Morgan fingerprint density at radius 2 is 2.08 bits per heavy atom. The van der Waals surface area contributed by atoms with Crippen LogP contribution >= 0.6 is 22.7 Å². The van der Waals surface area contributed by atoms with Gasteiger partial charge in [-0.2, -0.15) is 0 Å². The molecule has 1 N–H and O–H groups in total. The van der Waals surface area contributed by atoms with Gasteiger partial charge in [-0.1, -0.05) is 29.5 Å². The first-order valence-corrected chi connectivity index (χ1v) is 9.43. The zero-order chi connectivity index (χ0) is 17.5. The smallest absolute Gasteiger partial charge is 0.240 e. The number of ether oxygens (including phenoxy) is 1. The van der Waals surface area contributed by atoms with Crippen molar-refractivity contribution >= 4 is 33.7 Å². The molecule has 2 heterocycles. The van der Waals surface area contributed by atoms with Gasteiger partial charge in [0.05, 0.1) is 6.54 Å². The third kappa shape index (κ3) is 5.63. The predicted molar refractivity (Wildman–Crippen MR) is 100.0 cm³/mol. The van der Waals surface area contributed by atoms with E-state index < -0.39 is 0 Å². The average Bonchev–Trinajstić information content (AvgIpc) is 3.27. The van der Waals surface area contributed by atoms with E-state index in [4.69, 9.17) is 4.74 Å². The molecule has 0 saturated heterocycles. The first kappa shape index (κ1) is 17.5. The van der Waals surface area contributed by atoms with Crippen molar-refractivity contribution in [1.29, 1.82) is 0 Å². The summed E-state index contributed by atoms with van der Waals surface area (Å²) in [6.07, 6.45) is 0. The van der Waals surface area contributed by atoms with Gasteiger partial charge in [0.15, 0.2) is 0 Å². The maximum Gasteiger partial charge on any atom is 0.240 e. The molecule has 0 fully saturated rings. The number of likely N-dealkylation sites (N-methyl/N-ethyl adjacent to an activating group) is 1. The number of hydrogen-bond donors (Lipinski definition) is 1. The number of carbonyl (C=O) groups excluding carboxylic acids is 1. The van der Waals surface area contributed by atoms with Crippen LogP contribution in [0.2, 0.25) is 0 Å². The van der Waals surface area contributed by atoms with Crippen LogP contribution in [0.15, 0.2) is 47.3 Å². The lowest BCUT2D eigenvalue weighted by atomic mass is 10.2. The summed E-state index contributed by atoms with van der Waals surface area (Å²) in [5, 5.41) is 12.8. The molecule has 1 aromatic carbocycles. The first-order valence-electron chi connectivity index (χ1n) is 7.68. The van der Waals surface area contributed by atoms with Gasteiger partial charge in [-0.25, -0.2) is 0 Å². The number of amides is 1. The number of nitrogens with one attached hydrogen (secondary N) is 1. The molecular formula is C17H18N4O2S2. The van der Waals surface area contributed by atoms with Gasteiger partial charge < -0.3 is 4.74 Å². The van der Waals surface area contributed by atoms with Crippen LogP contribution in [0.5, 0.6) is 5.75 Å². The number of anilines is 1. The summed E-state index contributed by atoms with van der Waals surface area (Å²) in [4.78, 5) is 15.1. The standard InChI is InChI=1S/C17H18N4O2S2/c1-21(10-16(22)19-17-20-18-12-25-17)9-13-4-6-14(7-5-13)23-11-15-3-2-8-24-15/h2-8,12H,9-11H2,1H3,(H,19,20,22). The van der Waals surface area contributed by atoms with E-state index in [1.165, 1.54) is 16.2 Å². The van der Waals surface area contributed by atoms with E-state index >= 15 is 0 Å². The van der Waals surface area contributed by atoms with Gasteiger partial charge in [0.2, 0.25) is 11.0 Å². The van der Waals surface area contributed by atoms with Crippen molar-refractivity contribution < 1.29 is 9.53 Å². The fourth-order valence-corrected chi connectivity index (χ4v) is 3.32. The van der Waals surface area contributed by atoms with Gasteiger partial charge in [-0.15, -0.1) is 21.5 Å². The number of hydrogen-bond acceptors (Lipinski definition) is 7. The van der Waals surface area contributed by atoms with Crippen LogP contribution in [0.4, 0.5) is 5.13 Å². The topological polar surface area (TPSA) is 67.4 Å². The molecule has 2 aromatic heterocycles. The maximum atomic E-state index is 11.9. The summed E-state index contributed by atoms with van der Waals surface area (Å²) in [5.41, 5.74) is 2.70. The molecule has 6 nitrogen and oxygen atoms in total. The van der Waals surface area contributed by atoms with Crippen molar-refractivity contribution in [1.82, 2.24) is 15.1 Å². The number of rotatable bonds is 8. The van der Waals surface area contributed by atoms with Crippen molar-refractivity contribution in [2.24, 2.45) is 0 Å². The predicted octanol–water partition coefficient (Wildman–Crippen LogP) is 3.25. The fraction of sp³-hybridized carbons (Fsp3) is 0.235. The van der Waals surface area contributed by atoms with E-state index in [0.717, 1.165) is 11.3 Å². The Balaban J connectivity index is 1.44. The summed E-state index contributed by atoms with van der Waals surface area (Å²) in [6.45, 7) is 1.55. The highest BCUT2D eigenvalue weighted by Crippen LogP contribution is 2.17. The normalized spacial score (nSPS) is 10.8. The van der Waals surface area contributed by atoms with Gasteiger partial charge in [0, 0.05) is 11.4 Å². The lowest BCUT2D eigenvalue weighted by molar-refractivity contribution is -0.117. The molecule has 25 heavy (non-hydrogen) atoms. The first-order chi connectivity index (χ1) is 12.2. The van der Waals surface area contributed by atoms with Gasteiger partial charge >= 0.3 is 0 Å². The molecule has 1 amide bonds. The number of nitrogens with zero attached hydrogens (tertiary/aromatic N) is 3. The van der Waals surface area contributed by atoms with Crippen LogP contribution in [0.25, 0.3) is 0 Å². The second kappa shape index (κ2) is 8.70. The van der Waals surface area contributed by atoms with Gasteiger partial charge in [0.1, 0.15) is 17.9 Å². The summed E-state index contributed by atoms with van der Waals surface area (Å²) < 4.78 is 5.75. The fourth-order valence-electron chi connectivity index (χ4n) is 2.24. The van der Waals surface area contributed by atoms with E-state index in [0.29, 0.717) is 18.3 Å². The number of thiophene rings is 1. The van der Waals surface area contributed by atoms with Crippen molar-refractivity contribution in [3.05, 3.63) is 57.7 Å². The van der Waals surface area contributed by atoms with E-state index in [2.05, 4.69) is 21.6 Å².